The largest absolute Gasteiger partial charge is 0.496 e. The lowest BCUT2D eigenvalue weighted by molar-refractivity contribution is 0.377. The predicted octanol–water partition coefficient (Wildman–Crippen LogP) is 2.98. The van der Waals surface area contributed by atoms with Crippen LogP contribution in [0.2, 0.25) is 0 Å². The molecule has 0 amide bonds. The van der Waals surface area contributed by atoms with E-state index in [1.807, 2.05) is 0 Å². The van der Waals surface area contributed by atoms with Gasteiger partial charge in [-0.3, -0.25) is 0 Å². The zero-order chi connectivity index (χ0) is 15.4. The van der Waals surface area contributed by atoms with Crippen LogP contribution in [0.1, 0.15) is 5.56 Å². The van der Waals surface area contributed by atoms with Crippen LogP contribution in [-0.2, 0) is 6.54 Å². The highest BCUT2D eigenvalue weighted by Crippen LogP contribution is 2.43. The number of benzene rings is 2. The quantitative estimate of drug-likeness (QED) is 0.920. The Kier molecular flexibility index (Phi) is 4.65. The zero-order valence-corrected chi connectivity index (χ0v) is 12.3. The Labute approximate surface area is 123 Å². The summed E-state index contributed by atoms with van der Waals surface area (Å²) >= 11 is 0. The summed E-state index contributed by atoms with van der Waals surface area (Å²) in [6, 6.07) is 7.92. The first kappa shape index (κ1) is 15.1. The maximum Gasteiger partial charge on any atom is 0.134 e. The lowest BCUT2D eigenvalue weighted by Gasteiger charge is -2.17. The van der Waals surface area contributed by atoms with Gasteiger partial charge in [-0.1, -0.05) is 6.07 Å². The van der Waals surface area contributed by atoms with E-state index >= 15 is 0 Å². The highest BCUT2D eigenvalue weighted by Gasteiger charge is 2.18. The molecule has 0 atom stereocenters. The SMILES string of the molecule is COc1cc(OC)c(-c2cc(F)ccc2CN)c(OC)c1. The number of hydrogen-bond acceptors (Lipinski definition) is 4. The standard InChI is InChI=1S/C16H18FNO3/c1-19-12-7-14(20-2)16(15(8-12)21-3)13-6-11(17)5-4-10(13)9-18/h4-8H,9,18H2,1-3H3. The van der Waals surface area contributed by atoms with E-state index in [0.29, 0.717) is 28.4 Å². The highest BCUT2D eigenvalue weighted by atomic mass is 19.1. The summed E-state index contributed by atoms with van der Waals surface area (Å²) in [7, 11) is 4.64. The Balaban J connectivity index is 2.75. The molecule has 21 heavy (non-hydrogen) atoms. The predicted molar refractivity (Wildman–Crippen MR) is 79.4 cm³/mol. The third-order valence-corrected chi connectivity index (χ3v) is 3.28. The monoisotopic (exact) mass is 291 g/mol. The smallest absolute Gasteiger partial charge is 0.134 e. The second-order valence-corrected chi connectivity index (χ2v) is 4.41. The van der Waals surface area contributed by atoms with E-state index in [4.69, 9.17) is 19.9 Å². The molecule has 0 bridgehead atoms. The Morgan fingerprint density at radius 1 is 0.952 bits per heavy atom. The minimum absolute atomic E-state index is 0.286. The number of nitrogens with two attached hydrogens (primary N) is 1. The lowest BCUT2D eigenvalue weighted by Crippen LogP contribution is -2.02. The van der Waals surface area contributed by atoms with Crippen molar-refractivity contribution < 1.29 is 18.6 Å². The molecule has 0 spiro atoms. The number of rotatable bonds is 5. The minimum Gasteiger partial charge on any atom is -0.496 e. The molecule has 0 aromatic heterocycles. The normalized spacial score (nSPS) is 10.3. The van der Waals surface area contributed by atoms with Crippen molar-refractivity contribution in [2.24, 2.45) is 5.73 Å². The van der Waals surface area contributed by atoms with Gasteiger partial charge in [0.2, 0.25) is 0 Å². The Bertz CT molecular complexity index is 618. The highest BCUT2D eigenvalue weighted by molar-refractivity contribution is 5.80. The van der Waals surface area contributed by atoms with E-state index in [-0.39, 0.29) is 12.4 Å². The van der Waals surface area contributed by atoms with E-state index in [9.17, 15) is 4.39 Å². The van der Waals surface area contributed by atoms with Gasteiger partial charge in [-0.15, -0.1) is 0 Å². The second-order valence-electron chi connectivity index (χ2n) is 4.41. The summed E-state index contributed by atoms with van der Waals surface area (Å²) in [4.78, 5) is 0. The first-order valence-electron chi connectivity index (χ1n) is 6.43. The first-order valence-corrected chi connectivity index (χ1v) is 6.43. The van der Waals surface area contributed by atoms with Crippen molar-refractivity contribution in [3.63, 3.8) is 0 Å². The van der Waals surface area contributed by atoms with Crippen molar-refractivity contribution in [2.75, 3.05) is 21.3 Å². The van der Waals surface area contributed by atoms with E-state index in [2.05, 4.69) is 0 Å². The van der Waals surface area contributed by atoms with Gasteiger partial charge in [0, 0.05) is 18.7 Å². The molecule has 4 nitrogen and oxygen atoms in total. The number of hydrogen-bond donors (Lipinski definition) is 1. The number of methoxy groups -OCH3 is 3. The van der Waals surface area contributed by atoms with Crippen LogP contribution in [0, 0.1) is 5.82 Å². The van der Waals surface area contributed by atoms with Gasteiger partial charge in [-0.25, -0.2) is 4.39 Å². The molecule has 5 heteroatoms. The van der Waals surface area contributed by atoms with Crippen molar-refractivity contribution in [1.29, 1.82) is 0 Å². The van der Waals surface area contributed by atoms with Crippen molar-refractivity contribution in [1.82, 2.24) is 0 Å². The molecule has 0 saturated heterocycles. The molecule has 2 N–H and O–H groups in total. The third-order valence-electron chi connectivity index (χ3n) is 3.28. The van der Waals surface area contributed by atoms with Crippen molar-refractivity contribution in [3.05, 3.63) is 41.7 Å². The van der Waals surface area contributed by atoms with Crippen molar-refractivity contribution in [2.45, 2.75) is 6.54 Å². The van der Waals surface area contributed by atoms with E-state index in [1.54, 1.807) is 39.5 Å². The maximum absolute atomic E-state index is 13.6. The summed E-state index contributed by atoms with van der Waals surface area (Å²) in [5.74, 6) is 1.32. The molecule has 0 radical (unpaired) electrons. The summed E-state index contributed by atoms with van der Waals surface area (Å²) in [5.41, 5.74) is 7.85. The lowest BCUT2D eigenvalue weighted by atomic mass is 9.97. The molecule has 0 aliphatic rings. The Morgan fingerprint density at radius 2 is 1.57 bits per heavy atom. The van der Waals surface area contributed by atoms with Crippen LogP contribution >= 0.6 is 0 Å². The van der Waals surface area contributed by atoms with Crippen LogP contribution in [0.25, 0.3) is 11.1 Å². The molecule has 0 heterocycles. The number of halogens is 1. The van der Waals surface area contributed by atoms with Gasteiger partial charge in [0.25, 0.3) is 0 Å². The van der Waals surface area contributed by atoms with Gasteiger partial charge in [0.05, 0.1) is 26.9 Å². The van der Waals surface area contributed by atoms with Gasteiger partial charge in [0.15, 0.2) is 0 Å². The molecule has 112 valence electrons. The average molecular weight is 291 g/mol. The summed E-state index contributed by atoms with van der Waals surface area (Å²) in [6.07, 6.45) is 0. The molecule has 2 aromatic carbocycles. The molecular formula is C16H18FNO3. The van der Waals surface area contributed by atoms with Gasteiger partial charge < -0.3 is 19.9 Å². The molecule has 0 aliphatic carbocycles. The summed E-state index contributed by atoms with van der Waals surface area (Å²) in [6.45, 7) is 0.286. The maximum atomic E-state index is 13.6. The second kappa shape index (κ2) is 6.45. The zero-order valence-electron chi connectivity index (χ0n) is 12.3. The fourth-order valence-electron chi connectivity index (χ4n) is 2.23. The van der Waals surface area contributed by atoms with Crippen LogP contribution in [0.3, 0.4) is 0 Å². The molecule has 0 unspecified atom stereocenters. The van der Waals surface area contributed by atoms with Crippen LogP contribution in [0.15, 0.2) is 30.3 Å². The van der Waals surface area contributed by atoms with Gasteiger partial charge >= 0.3 is 0 Å². The molecule has 0 saturated carbocycles. The summed E-state index contributed by atoms with van der Waals surface area (Å²) < 4.78 is 29.7. The van der Waals surface area contributed by atoms with E-state index < -0.39 is 0 Å². The van der Waals surface area contributed by atoms with Crippen molar-refractivity contribution in [3.8, 4) is 28.4 Å². The Hall–Kier alpha value is -2.27. The average Bonchev–Trinajstić information content (AvgIpc) is 2.53. The third kappa shape index (κ3) is 2.92. The van der Waals surface area contributed by atoms with Gasteiger partial charge in [-0.05, 0) is 23.3 Å². The molecule has 2 rings (SSSR count). The number of ether oxygens (including phenoxy) is 3. The van der Waals surface area contributed by atoms with Gasteiger partial charge in [-0.2, -0.15) is 0 Å². The first-order chi connectivity index (χ1) is 10.1. The Morgan fingerprint density at radius 3 is 2.05 bits per heavy atom. The fourth-order valence-corrected chi connectivity index (χ4v) is 2.23. The van der Waals surface area contributed by atoms with E-state index in [1.165, 1.54) is 12.1 Å². The van der Waals surface area contributed by atoms with Crippen LogP contribution < -0.4 is 19.9 Å². The fraction of sp³-hybridized carbons (Fsp3) is 0.250. The minimum atomic E-state index is -0.345. The van der Waals surface area contributed by atoms with Gasteiger partial charge in [0.1, 0.15) is 23.1 Å². The molecule has 0 fully saturated rings. The van der Waals surface area contributed by atoms with Crippen molar-refractivity contribution >= 4 is 0 Å². The molecule has 0 aliphatic heterocycles. The van der Waals surface area contributed by atoms with Crippen LogP contribution in [0.5, 0.6) is 17.2 Å². The molecular weight excluding hydrogens is 273 g/mol. The topological polar surface area (TPSA) is 53.7 Å². The van der Waals surface area contributed by atoms with Crippen LogP contribution in [-0.4, -0.2) is 21.3 Å². The van der Waals surface area contributed by atoms with Crippen LogP contribution in [0.4, 0.5) is 4.39 Å². The van der Waals surface area contributed by atoms with E-state index in [0.717, 1.165) is 5.56 Å². The summed E-state index contributed by atoms with van der Waals surface area (Å²) in [5, 5.41) is 0. The molecule has 2 aromatic rings.